The molecule has 2 aliphatic rings. The first-order chi connectivity index (χ1) is 8.12. The molecular formula is C12H15N3OS. The van der Waals surface area contributed by atoms with E-state index in [4.69, 9.17) is 5.73 Å². The van der Waals surface area contributed by atoms with E-state index in [1.165, 1.54) is 15.3 Å². The summed E-state index contributed by atoms with van der Waals surface area (Å²) >= 11 is 1.70. The number of thiophene rings is 1. The maximum atomic E-state index is 12.0. The SMILES string of the molecule is CN1C(=O)C[C@@]2(CCCc3ccsc32)N=C1N. The van der Waals surface area contributed by atoms with Gasteiger partial charge in [0, 0.05) is 11.9 Å². The summed E-state index contributed by atoms with van der Waals surface area (Å²) in [5.41, 5.74) is 6.84. The molecule has 0 saturated carbocycles. The summed E-state index contributed by atoms with van der Waals surface area (Å²) in [6.45, 7) is 0. The molecule has 0 aromatic carbocycles. The Bertz CT molecular complexity index is 508. The Labute approximate surface area is 104 Å². The third-order valence-electron chi connectivity index (χ3n) is 3.70. The summed E-state index contributed by atoms with van der Waals surface area (Å²) in [4.78, 5) is 19.3. The van der Waals surface area contributed by atoms with Gasteiger partial charge in [0.2, 0.25) is 5.91 Å². The van der Waals surface area contributed by atoms with E-state index in [-0.39, 0.29) is 11.4 Å². The average Bonchev–Trinajstić information content (AvgIpc) is 2.76. The third-order valence-corrected chi connectivity index (χ3v) is 4.85. The molecule has 0 radical (unpaired) electrons. The third kappa shape index (κ3) is 1.49. The fraction of sp³-hybridized carbons (Fsp3) is 0.500. The number of hydrogen-bond donors (Lipinski definition) is 1. The molecule has 17 heavy (non-hydrogen) atoms. The molecule has 1 amide bonds. The van der Waals surface area contributed by atoms with E-state index < -0.39 is 0 Å². The highest BCUT2D eigenvalue weighted by Gasteiger charge is 2.43. The first kappa shape index (κ1) is 10.8. The van der Waals surface area contributed by atoms with E-state index >= 15 is 0 Å². The lowest BCUT2D eigenvalue weighted by Gasteiger charge is -2.38. The van der Waals surface area contributed by atoms with Crippen LogP contribution >= 0.6 is 11.3 Å². The second-order valence-corrected chi connectivity index (χ2v) is 5.68. The van der Waals surface area contributed by atoms with Crippen LogP contribution < -0.4 is 5.73 Å². The minimum Gasteiger partial charge on any atom is -0.369 e. The van der Waals surface area contributed by atoms with Crippen molar-refractivity contribution in [1.29, 1.82) is 0 Å². The normalized spacial score (nSPS) is 28.2. The Morgan fingerprint density at radius 1 is 1.59 bits per heavy atom. The predicted molar refractivity (Wildman–Crippen MR) is 67.9 cm³/mol. The average molecular weight is 249 g/mol. The number of hydrogen-bond acceptors (Lipinski definition) is 4. The Kier molecular flexibility index (Phi) is 2.26. The lowest BCUT2D eigenvalue weighted by Crippen LogP contribution is -2.49. The maximum Gasteiger partial charge on any atom is 0.231 e. The van der Waals surface area contributed by atoms with Crippen LogP contribution in [0.5, 0.6) is 0 Å². The highest BCUT2D eigenvalue weighted by molar-refractivity contribution is 7.10. The van der Waals surface area contributed by atoms with Gasteiger partial charge in [0.25, 0.3) is 0 Å². The summed E-state index contributed by atoms with van der Waals surface area (Å²) in [6.07, 6.45) is 3.57. The van der Waals surface area contributed by atoms with Gasteiger partial charge in [-0.3, -0.25) is 9.69 Å². The van der Waals surface area contributed by atoms with E-state index in [9.17, 15) is 4.79 Å². The van der Waals surface area contributed by atoms with Gasteiger partial charge < -0.3 is 5.73 Å². The van der Waals surface area contributed by atoms with Crippen LogP contribution in [0.25, 0.3) is 0 Å². The first-order valence-corrected chi connectivity index (χ1v) is 6.69. The number of carbonyl (C=O) groups excluding carboxylic acids is 1. The van der Waals surface area contributed by atoms with Gasteiger partial charge in [-0.25, -0.2) is 4.99 Å². The quantitative estimate of drug-likeness (QED) is 0.756. The van der Waals surface area contributed by atoms with Crippen molar-refractivity contribution in [3.8, 4) is 0 Å². The highest BCUT2D eigenvalue weighted by atomic mass is 32.1. The number of guanidine groups is 1. The lowest BCUT2D eigenvalue weighted by atomic mass is 9.79. The minimum atomic E-state index is -0.366. The number of aryl methyl sites for hydroxylation is 1. The lowest BCUT2D eigenvalue weighted by molar-refractivity contribution is -0.128. The largest absolute Gasteiger partial charge is 0.369 e. The van der Waals surface area contributed by atoms with Gasteiger partial charge >= 0.3 is 0 Å². The Morgan fingerprint density at radius 3 is 3.18 bits per heavy atom. The second-order valence-electron chi connectivity index (χ2n) is 4.76. The molecule has 0 fully saturated rings. The Balaban J connectivity index is 2.13. The smallest absolute Gasteiger partial charge is 0.231 e. The van der Waals surface area contributed by atoms with Gasteiger partial charge in [0.05, 0.1) is 6.42 Å². The van der Waals surface area contributed by atoms with Crippen LogP contribution in [-0.4, -0.2) is 23.8 Å². The molecule has 1 aliphatic heterocycles. The molecule has 4 nitrogen and oxygen atoms in total. The number of nitrogens with zero attached hydrogens (tertiary/aromatic N) is 2. The molecule has 90 valence electrons. The molecule has 3 rings (SSSR count). The van der Waals surface area contributed by atoms with Crippen LogP contribution in [0.2, 0.25) is 0 Å². The van der Waals surface area contributed by atoms with Crippen molar-refractivity contribution >= 4 is 23.2 Å². The molecule has 2 heterocycles. The van der Waals surface area contributed by atoms with Crippen LogP contribution in [0, 0.1) is 0 Å². The number of rotatable bonds is 0. The number of nitrogens with two attached hydrogens (primary N) is 1. The van der Waals surface area contributed by atoms with E-state index in [1.807, 2.05) is 0 Å². The molecule has 0 bridgehead atoms. The van der Waals surface area contributed by atoms with Crippen molar-refractivity contribution in [3.63, 3.8) is 0 Å². The first-order valence-electron chi connectivity index (χ1n) is 5.81. The molecule has 1 aromatic heterocycles. The van der Waals surface area contributed by atoms with Gasteiger partial charge in [-0.2, -0.15) is 0 Å². The molecule has 1 aromatic rings. The number of amides is 1. The van der Waals surface area contributed by atoms with E-state index in [2.05, 4.69) is 16.4 Å². The van der Waals surface area contributed by atoms with Gasteiger partial charge in [0.1, 0.15) is 5.54 Å². The van der Waals surface area contributed by atoms with Crippen LogP contribution in [0.1, 0.15) is 29.7 Å². The topological polar surface area (TPSA) is 58.7 Å². The minimum absolute atomic E-state index is 0.0683. The van der Waals surface area contributed by atoms with E-state index in [1.54, 1.807) is 18.4 Å². The fourth-order valence-corrected chi connectivity index (χ4v) is 3.86. The maximum absolute atomic E-state index is 12.0. The molecule has 1 atom stereocenters. The van der Waals surface area contributed by atoms with Crippen molar-refractivity contribution in [2.24, 2.45) is 10.7 Å². The van der Waals surface area contributed by atoms with Crippen molar-refractivity contribution in [1.82, 2.24) is 4.90 Å². The van der Waals surface area contributed by atoms with Crippen molar-refractivity contribution in [2.75, 3.05) is 7.05 Å². The zero-order valence-electron chi connectivity index (χ0n) is 9.77. The Hall–Kier alpha value is -1.36. The molecule has 1 spiro atoms. The molecule has 5 heteroatoms. The highest BCUT2D eigenvalue weighted by Crippen LogP contribution is 2.45. The van der Waals surface area contributed by atoms with Crippen molar-refractivity contribution in [2.45, 2.75) is 31.2 Å². The number of aliphatic imine (C=N–C) groups is 1. The molecular weight excluding hydrogens is 234 g/mol. The monoisotopic (exact) mass is 249 g/mol. The summed E-state index contributed by atoms with van der Waals surface area (Å²) in [5.74, 6) is 0.418. The number of fused-ring (bicyclic) bond motifs is 2. The van der Waals surface area contributed by atoms with E-state index in [0.717, 1.165) is 19.3 Å². The fourth-order valence-electron chi connectivity index (χ4n) is 2.73. The van der Waals surface area contributed by atoms with Crippen LogP contribution in [0.3, 0.4) is 0 Å². The van der Waals surface area contributed by atoms with Crippen molar-refractivity contribution < 1.29 is 4.79 Å². The standard InChI is InChI=1S/C12H15N3OS/c1-15-9(16)7-12(14-11(15)13)5-2-3-8-4-6-17-10(8)12/h4,6H,2-3,5,7H2,1H3,(H2,13,14)/t12-/m1/s1. The van der Waals surface area contributed by atoms with Crippen LogP contribution in [0.15, 0.2) is 16.4 Å². The molecule has 0 saturated heterocycles. The van der Waals surface area contributed by atoms with Crippen molar-refractivity contribution in [3.05, 3.63) is 21.9 Å². The number of carbonyl (C=O) groups is 1. The van der Waals surface area contributed by atoms with E-state index in [0.29, 0.717) is 12.4 Å². The van der Waals surface area contributed by atoms with Crippen LogP contribution in [0.4, 0.5) is 0 Å². The molecule has 0 unspecified atom stereocenters. The molecule has 1 aliphatic carbocycles. The summed E-state index contributed by atoms with van der Waals surface area (Å²) in [5, 5.41) is 2.09. The van der Waals surface area contributed by atoms with Crippen LogP contribution in [-0.2, 0) is 16.8 Å². The molecule has 2 N–H and O–H groups in total. The zero-order chi connectivity index (χ0) is 12.0. The second kappa shape index (κ2) is 3.57. The predicted octanol–water partition coefficient (Wildman–Crippen LogP) is 1.46. The van der Waals surface area contributed by atoms with Gasteiger partial charge in [-0.1, -0.05) is 0 Å². The summed E-state index contributed by atoms with van der Waals surface area (Å²) in [7, 11) is 1.69. The summed E-state index contributed by atoms with van der Waals surface area (Å²) in [6, 6.07) is 2.15. The Morgan fingerprint density at radius 2 is 2.41 bits per heavy atom. The van der Waals surface area contributed by atoms with Gasteiger partial charge in [-0.05, 0) is 36.3 Å². The zero-order valence-corrected chi connectivity index (χ0v) is 10.6. The van der Waals surface area contributed by atoms with Gasteiger partial charge in [0.15, 0.2) is 5.96 Å². The van der Waals surface area contributed by atoms with Gasteiger partial charge in [-0.15, -0.1) is 11.3 Å². The summed E-state index contributed by atoms with van der Waals surface area (Å²) < 4.78 is 0.